The maximum absolute atomic E-state index is 14.2. The molecule has 2 aliphatic rings. The molecule has 0 spiro atoms. The van der Waals surface area contributed by atoms with Crippen molar-refractivity contribution in [2.75, 3.05) is 53.1 Å². The van der Waals surface area contributed by atoms with Crippen molar-refractivity contribution < 1.29 is 28.2 Å². The number of amides is 3. The molecule has 0 radical (unpaired) electrons. The Morgan fingerprint density at radius 1 is 1.24 bits per heavy atom. The van der Waals surface area contributed by atoms with Gasteiger partial charge in [0.1, 0.15) is 5.82 Å². The number of rotatable bonds is 10. The number of carbonyl (C=O) groups is 2. The molecule has 0 aliphatic carbocycles. The topological polar surface area (TPSA) is 115 Å². The lowest BCUT2D eigenvalue weighted by Gasteiger charge is -2.37. The second kappa shape index (κ2) is 15.3. The number of piperidine rings is 1. The largest absolute Gasteiger partial charge is 0.453 e. The molecular weight excluding hydrogens is 503 g/mol. The predicted octanol–water partition coefficient (Wildman–Crippen LogP) is 3.85. The zero-order valence-electron chi connectivity index (χ0n) is 21.6. The van der Waals surface area contributed by atoms with Gasteiger partial charge in [-0.2, -0.15) is 0 Å². The van der Waals surface area contributed by atoms with Gasteiger partial charge in [-0.15, -0.1) is 0 Å². The van der Waals surface area contributed by atoms with Gasteiger partial charge in [-0.1, -0.05) is 18.0 Å². The Morgan fingerprint density at radius 2 is 2.08 bits per heavy atom. The summed E-state index contributed by atoms with van der Waals surface area (Å²) in [6.45, 7) is 3.43. The quantitative estimate of drug-likeness (QED) is 0.387. The minimum Gasteiger partial charge on any atom is -0.453 e. The molecule has 4 atom stereocenters. The molecule has 0 saturated carbocycles. The first kappa shape index (κ1) is 29.4. The van der Waals surface area contributed by atoms with Gasteiger partial charge in [0, 0.05) is 56.4 Å². The number of nitrogens with two attached hydrogens (primary N) is 1. The lowest BCUT2D eigenvalue weighted by molar-refractivity contribution is -0.00864. The minimum atomic E-state index is -0.556. The minimum absolute atomic E-state index is 0.0766. The Bertz CT molecular complexity index is 851. The molecule has 2 heterocycles. The van der Waals surface area contributed by atoms with E-state index >= 15 is 0 Å². The van der Waals surface area contributed by atoms with E-state index in [4.69, 9.17) is 26.8 Å². The van der Waals surface area contributed by atoms with Gasteiger partial charge in [-0.3, -0.25) is 0 Å². The van der Waals surface area contributed by atoms with Gasteiger partial charge in [-0.25, -0.2) is 14.0 Å². The average molecular weight is 543 g/mol. The molecule has 4 N–H and O–H groups in total. The number of likely N-dealkylation sites (tertiary alicyclic amines) is 1. The van der Waals surface area contributed by atoms with Gasteiger partial charge in [-0.05, 0) is 61.8 Å². The zero-order valence-corrected chi connectivity index (χ0v) is 22.3. The summed E-state index contributed by atoms with van der Waals surface area (Å²) in [6, 6.07) is 4.02. The molecule has 0 bridgehead atoms. The highest BCUT2D eigenvalue weighted by molar-refractivity contribution is 6.30. The standard InChI is InChI=1S/C26H40ClFN4O5/c1-35-26(34)30-7-10-37-24(20-12-21(27)14-22(28)13-20)19-6-4-8-32(16-19)25(33)31-15-23(29)11-18-5-2-3-9-36-17-18/h12-14,18-19,23-24H,2-11,15-17,29H2,1H3,(H,30,34)(H,31,33). The van der Waals surface area contributed by atoms with Crippen LogP contribution in [0.4, 0.5) is 14.0 Å². The van der Waals surface area contributed by atoms with Crippen molar-refractivity contribution in [1.82, 2.24) is 15.5 Å². The summed E-state index contributed by atoms with van der Waals surface area (Å²) in [4.78, 5) is 26.1. The Labute approximate surface area is 223 Å². The van der Waals surface area contributed by atoms with Crippen LogP contribution in [-0.4, -0.2) is 76.2 Å². The lowest BCUT2D eigenvalue weighted by Crippen LogP contribution is -2.49. The number of alkyl carbamates (subject to hydrolysis) is 1. The Hall–Kier alpha value is -2.14. The average Bonchev–Trinajstić information content (AvgIpc) is 3.15. The molecule has 4 unspecified atom stereocenters. The van der Waals surface area contributed by atoms with Gasteiger partial charge < -0.3 is 35.5 Å². The Balaban J connectivity index is 1.57. The Morgan fingerprint density at radius 3 is 2.86 bits per heavy atom. The first-order valence-electron chi connectivity index (χ1n) is 13.1. The second-order valence-electron chi connectivity index (χ2n) is 9.88. The molecule has 11 heteroatoms. The van der Waals surface area contributed by atoms with Crippen LogP contribution in [0.25, 0.3) is 0 Å². The van der Waals surface area contributed by atoms with E-state index in [9.17, 15) is 14.0 Å². The van der Waals surface area contributed by atoms with Crippen molar-refractivity contribution in [2.45, 2.75) is 50.7 Å². The molecule has 3 amide bonds. The summed E-state index contributed by atoms with van der Waals surface area (Å²) in [5.74, 6) is -0.104. The van der Waals surface area contributed by atoms with Crippen LogP contribution < -0.4 is 16.4 Å². The first-order valence-corrected chi connectivity index (χ1v) is 13.5. The molecular formula is C26H40ClFN4O5. The van der Waals surface area contributed by atoms with Crippen LogP contribution in [0, 0.1) is 17.7 Å². The van der Waals surface area contributed by atoms with Gasteiger partial charge in [0.25, 0.3) is 0 Å². The number of carbonyl (C=O) groups excluding carboxylic acids is 2. The number of nitrogens with one attached hydrogen (secondary N) is 2. The number of halogens is 2. The third kappa shape index (κ3) is 9.92. The number of benzene rings is 1. The Kier molecular flexibility index (Phi) is 12.2. The van der Waals surface area contributed by atoms with Crippen molar-refractivity contribution in [1.29, 1.82) is 0 Å². The van der Waals surface area contributed by atoms with Crippen LogP contribution in [-0.2, 0) is 14.2 Å². The lowest BCUT2D eigenvalue weighted by atomic mass is 9.88. The molecule has 2 fully saturated rings. The third-order valence-electron chi connectivity index (χ3n) is 6.90. The van der Waals surface area contributed by atoms with Crippen LogP contribution in [0.15, 0.2) is 18.2 Å². The molecule has 0 aromatic heterocycles. The highest BCUT2D eigenvalue weighted by Crippen LogP contribution is 2.34. The molecule has 9 nitrogen and oxygen atoms in total. The number of methoxy groups -OCH3 is 1. The van der Waals surface area contributed by atoms with Crippen LogP contribution in [0.2, 0.25) is 5.02 Å². The fourth-order valence-corrected chi connectivity index (χ4v) is 5.32. The van der Waals surface area contributed by atoms with Crippen LogP contribution >= 0.6 is 11.6 Å². The second-order valence-corrected chi connectivity index (χ2v) is 10.3. The van der Waals surface area contributed by atoms with Crippen molar-refractivity contribution >= 4 is 23.7 Å². The molecule has 1 aromatic rings. The van der Waals surface area contributed by atoms with Gasteiger partial charge in [0.2, 0.25) is 0 Å². The number of ether oxygens (including phenoxy) is 3. The highest BCUT2D eigenvalue weighted by atomic mass is 35.5. The number of hydrogen-bond acceptors (Lipinski definition) is 6. The summed E-state index contributed by atoms with van der Waals surface area (Å²) in [7, 11) is 1.29. The van der Waals surface area contributed by atoms with Crippen molar-refractivity contribution in [2.24, 2.45) is 17.6 Å². The van der Waals surface area contributed by atoms with Crippen molar-refractivity contribution in [3.05, 3.63) is 34.6 Å². The summed E-state index contributed by atoms with van der Waals surface area (Å²) in [5.41, 5.74) is 6.92. The van der Waals surface area contributed by atoms with Gasteiger partial charge in [0.15, 0.2) is 0 Å². The number of urea groups is 1. The molecule has 208 valence electrons. The van der Waals surface area contributed by atoms with Crippen LogP contribution in [0.5, 0.6) is 0 Å². The van der Waals surface area contributed by atoms with E-state index in [1.165, 1.54) is 19.2 Å². The molecule has 2 saturated heterocycles. The highest BCUT2D eigenvalue weighted by Gasteiger charge is 2.32. The molecule has 2 aliphatic heterocycles. The maximum atomic E-state index is 14.2. The van der Waals surface area contributed by atoms with Crippen LogP contribution in [0.1, 0.15) is 50.2 Å². The summed E-state index contributed by atoms with van der Waals surface area (Å²) in [6.07, 6.45) is 4.69. The van der Waals surface area contributed by atoms with E-state index in [0.717, 1.165) is 51.7 Å². The van der Waals surface area contributed by atoms with Crippen molar-refractivity contribution in [3.63, 3.8) is 0 Å². The molecule has 37 heavy (non-hydrogen) atoms. The van der Waals surface area contributed by atoms with E-state index in [0.29, 0.717) is 31.1 Å². The third-order valence-corrected chi connectivity index (χ3v) is 7.12. The van der Waals surface area contributed by atoms with E-state index in [-0.39, 0.29) is 36.2 Å². The van der Waals surface area contributed by atoms with E-state index < -0.39 is 18.0 Å². The smallest absolute Gasteiger partial charge is 0.406 e. The van der Waals surface area contributed by atoms with Crippen LogP contribution in [0.3, 0.4) is 0 Å². The van der Waals surface area contributed by atoms with E-state index in [2.05, 4.69) is 15.4 Å². The monoisotopic (exact) mass is 542 g/mol. The fraction of sp³-hybridized carbons (Fsp3) is 0.692. The molecule has 1 aromatic carbocycles. The number of nitrogens with zero attached hydrogens (tertiary/aromatic N) is 1. The van der Waals surface area contributed by atoms with E-state index in [1.54, 1.807) is 11.0 Å². The zero-order chi connectivity index (χ0) is 26.6. The van der Waals surface area contributed by atoms with E-state index in [1.807, 2.05) is 0 Å². The SMILES string of the molecule is COC(=O)NCCOC(c1cc(F)cc(Cl)c1)C1CCCN(C(=O)NCC(N)CC2CCCCOC2)C1. The molecule has 3 rings (SSSR count). The first-order chi connectivity index (χ1) is 17.9. The predicted molar refractivity (Wildman–Crippen MR) is 139 cm³/mol. The maximum Gasteiger partial charge on any atom is 0.406 e. The fourth-order valence-electron chi connectivity index (χ4n) is 5.09. The summed E-state index contributed by atoms with van der Waals surface area (Å²) in [5, 5.41) is 5.83. The van der Waals surface area contributed by atoms with Gasteiger partial charge in [0.05, 0.1) is 19.8 Å². The van der Waals surface area contributed by atoms with Gasteiger partial charge >= 0.3 is 12.1 Å². The summed E-state index contributed by atoms with van der Waals surface area (Å²) < 4.78 is 30.5. The van der Waals surface area contributed by atoms with Crippen molar-refractivity contribution in [3.8, 4) is 0 Å². The normalized spacial score (nSPS) is 22.0. The summed E-state index contributed by atoms with van der Waals surface area (Å²) >= 11 is 6.12. The number of hydrogen-bond donors (Lipinski definition) is 3.